The molecule has 7 nitrogen and oxygen atoms in total. The second-order valence-corrected chi connectivity index (χ2v) is 6.92. The van der Waals surface area contributed by atoms with Gasteiger partial charge in [0.05, 0.1) is 0 Å². The van der Waals surface area contributed by atoms with Gasteiger partial charge in [-0.15, -0.1) is 0 Å². The molecule has 2 aromatic rings. The summed E-state index contributed by atoms with van der Waals surface area (Å²) in [6, 6.07) is 7.23. The van der Waals surface area contributed by atoms with Gasteiger partial charge in [0.25, 0.3) is 5.91 Å². The lowest BCUT2D eigenvalue weighted by Crippen LogP contribution is -2.24. The van der Waals surface area contributed by atoms with Crippen LogP contribution in [0.3, 0.4) is 0 Å². The Balaban J connectivity index is 1.29. The molecule has 146 valence electrons. The minimum Gasteiger partial charge on any atom is -0.454 e. The van der Waals surface area contributed by atoms with Crippen LogP contribution in [0.15, 0.2) is 42.1 Å². The lowest BCUT2D eigenvalue weighted by atomic mass is 9.97. The summed E-state index contributed by atoms with van der Waals surface area (Å²) in [6.07, 6.45) is 9.88. The third-order valence-corrected chi connectivity index (χ3v) is 4.89. The molecule has 0 bridgehead atoms. The Labute approximate surface area is 164 Å². The summed E-state index contributed by atoms with van der Waals surface area (Å²) in [7, 11) is 0. The number of hydrogen-bond donors (Lipinski definition) is 2. The Morgan fingerprint density at radius 2 is 2.07 bits per heavy atom. The van der Waals surface area contributed by atoms with Gasteiger partial charge in [-0.05, 0) is 55.9 Å². The summed E-state index contributed by atoms with van der Waals surface area (Å²) in [6.45, 7) is 1.39. The molecule has 2 heterocycles. The van der Waals surface area contributed by atoms with Crippen molar-refractivity contribution in [1.29, 1.82) is 0 Å². The van der Waals surface area contributed by atoms with E-state index >= 15 is 0 Å². The van der Waals surface area contributed by atoms with Gasteiger partial charge in [0.2, 0.25) is 12.7 Å². The molecule has 1 aliphatic heterocycles. The van der Waals surface area contributed by atoms with Crippen LogP contribution in [-0.2, 0) is 6.54 Å². The van der Waals surface area contributed by atoms with Gasteiger partial charge in [0, 0.05) is 19.3 Å². The molecule has 1 amide bonds. The number of nitrogens with one attached hydrogen (secondary N) is 2. The van der Waals surface area contributed by atoms with E-state index in [2.05, 4.69) is 26.7 Å². The number of amides is 1. The predicted molar refractivity (Wildman–Crippen MR) is 105 cm³/mol. The fourth-order valence-electron chi connectivity index (χ4n) is 3.36. The first kappa shape index (κ1) is 18.3. The Kier molecular flexibility index (Phi) is 5.70. The van der Waals surface area contributed by atoms with Crippen molar-refractivity contribution < 1.29 is 14.3 Å². The van der Waals surface area contributed by atoms with Crippen LogP contribution < -0.4 is 20.1 Å². The molecular formula is C21H24N4O3. The van der Waals surface area contributed by atoms with Crippen LogP contribution in [0.2, 0.25) is 0 Å². The zero-order valence-corrected chi connectivity index (χ0v) is 15.7. The van der Waals surface area contributed by atoms with Crippen LogP contribution in [0, 0.1) is 0 Å². The minimum atomic E-state index is -0.238. The van der Waals surface area contributed by atoms with Gasteiger partial charge >= 0.3 is 0 Å². The predicted octanol–water partition coefficient (Wildman–Crippen LogP) is 3.44. The molecule has 0 radical (unpaired) electrons. The SMILES string of the molecule is O=C(NCc1ccc2c(c1)OCO2)c1ccnc(NCCC2=CCCCC2)n1. The normalized spacial score (nSPS) is 15.1. The number of rotatable bonds is 7. The van der Waals surface area contributed by atoms with Crippen molar-refractivity contribution in [2.24, 2.45) is 0 Å². The fourth-order valence-corrected chi connectivity index (χ4v) is 3.36. The Morgan fingerprint density at radius 3 is 2.96 bits per heavy atom. The first-order valence-electron chi connectivity index (χ1n) is 9.69. The Hall–Kier alpha value is -3.09. The van der Waals surface area contributed by atoms with E-state index in [0.717, 1.165) is 24.3 Å². The molecule has 0 fully saturated rings. The van der Waals surface area contributed by atoms with E-state index < -0.39 is 0 Å². The van der Waals surface area contributed by atoms with E-state index in [4.69, 9.17) is 9.47 Å². The van der Waals surface area contributed by atoms with E-state index in [1.165, 1.54) is 31.3 Å². The zero-order valence-electron chi connectivity index (χ0n) is 15.7. The number of aromatic nitrogens is 2. The first-order chi connectivity index (χ1) is 13.8. The molecule has 0 saturated heterocycles. The number of anilines is 1. The van der Waals surface area contributed by atoms with Crippen LogP contribution in [0.5, 0.6) is 11.5 Å². The molecule has 0 spiro atoms. The van der Waals surface area contributed by atoms with Crippen molar-refractivity contribution in [3.63, 3.8) is 0 Å². The quantitative estimate of drug-likeness (QED) is 0.716. The number of ether oxygens (including phenoxy) is 2. The van der Waals surface area contributed by atoms with Crippen molar-refractivity contribution in [1.82, 2.24) is 15.3 Å². The molecule has 1 aliphatic carbocycles. The maximum Gasteiger partial charge on any atom is 0.270 e. The van der Waals surface area contributed by atoms with Crippen LogP contribution in [0.25, 0.3) is 0 Å². The van der Waals surface area contributed by atoms with E-state index in [0.29, 0.717) is 23.9 Å². The lowest BCUT2D eigenvalue weighted by molar-refractivity contribution is 0.0946. The highest BCUT2D eigenvalue weighted by Gasteiger charge is 2.14. The number of hydrogen-bond acceptors (Lipinski definition) is 6. The monoisotopic (exact) mass is 380 g/mol. The Bertz CT molecular complexity index is 882. The largest absolute Gasteiger partial charge is 0.454 e. The van der Waals surface area contributed by atoms with E-state index in [-0.39, 0.29) is 12.7 Å². The fraction of sp³-hybridized carbons (Fsp3) is 0.381. The number of benzene rings is 1. The summed E-state index contributed by atoms with van der Waals surface area (Å²) in [5.41, 5.74) is 2.78. The maximum absolute atomic E-state index is 12.4. The van der Waals surface area contributed by atoms with Crippen LogP contribution in [0.1, 0.15) is 48.2 Å². The maximum atomic E-state index is 12.4. The van der Waals surface area contributed by atoms with Gasteiger partial charge in [-0.3, -0.25) is 4.79 Å². The molecule has 7 heteroatoms. The molecule has 4 rings (SSSR count). The number of nitrogens with zero attached hydrogens (tertiary/aromatic N) is 2. The summed E-state index contributed by atoms with van der Waals surface area (Å²) < 4.78 is 10.7. The van der Waals surface area contributed by atoms with Gasteiger partial charge in [0.15, 0.2) is 11.5 Å². The molecule has 0 unspecified atom stereocenters. The van der Waals surface area contributed by atoms with Crippen LogP contribution in [0.4, 0.5) is 5.95 Å². The molecular weight excluding hydrogens is 356 g/mol. The van der Waals surface area contributed by atoms with Crippen molar-refractivity contribution in [3.05, 3.63) is 53.4 Å². The smallest absolute Gasteiger partial charge is 0.270 e. The molecule has 0 atom stereocenters. The zero-order chi connectivity index (χ0) is 19.2. The van der Waals surface area contributed by atoms with Gasteiger partial charge < -0.3 is 20.1 Å². The van der Waals surface area contributed by atoms with Crippen molar-refractivity contribution in [2.75, 3.05) is 18.7 Å². The molecule has 1 aromatic heterocycles. The van der Waals surface area contributed by atoms with Gasteiger partial charge in [-0.1, -0.05) is 17.7 Å². The van der Waals surface area contributed by atoms with E-state index in [9.17, 15) is 4.79 Å². The third kappa shape index (κ3) is 4.60. The van der Waals surface area contributed by atoms with Crippen molar-refractivity contribution in [2.45, 2.75) is 38.6 Å². The average Bonchev–Trinajstić information content (AvgIpc) is 3.21. The average molecular weight is 380 g/mol. The summed E-state index contributed by atoms with van der Waals surface area (Å²) >= 11 is 0. The van der Waals surface area contributed by atoms with E-state index in [1.807, 2.05) is 18.2 Å². The lowest BCUT2D eigenvalue weighted by Gasteiger charge is -2.13. The minimum absolute atomic E-state index is 0.235. The highest BCUT2D eigenvalue weighted by Crippen LogP contribution is 2.32. The second kappa shape index (κ2) is 8.73. The molecule has 1 aromatic carbocycles. The molecule has 0 saturated carbocycles. The summed E-state index contributed by atoms with van der Waals surface area (Å²) in [5, 5.41) is 6.09. The van der Waals surface area contributed by atoms with E-state index in [1.54, 1.807) is 12.3 Å². The van der Waals surface area contributed by atoms with Crippen molar-refractivity contribution >= 4 is 11.9 Å². The first-order valence-corrected chi connectivity index (χ1v) is 9.69. The second-order valence-electron chi connectivity index (χ2n) is 6.92. The standard InChI is InChI=1S/C21H24N4O3/c26-20(24-13-16-6-7-18-19(12-16)28-14-27-18)17-9-11-23-21(25-17)22-10-8-15-4-2-1-3-5-15/h4,6-7,9,11-12H,1-3,5,8,10,13-14H2,(H,24,26)(H,22,23,25). The topological polar surface area (TPSA) is 85.4 Å². The molecule has 2 N–H and O–H groups in total. The van der Waals surface area contributed by atoms with Gasteiger partial charge in [0.1, 0.15) is 5.69 Å². The number of carbonyl (C=O) groups is 1. The highest BCUT2D eigenvalue weighted by atomic mass is 16.7. The van der Waals surface area contributed by atoms with Crippen LogP contribution >= 0.6 is 0 Å². The number of allylic oxidation sites excluding steroid dienone is 1. The molecule has 28 heavy (non-hydrogen) atoms. The molecule has 2 aliphatic rings. The van der Waals surface area contributed by atoms with Gasteiger partial charge in [-0.25, -0.2) is 9.97 Å². The highest BCUT2D eigenvalue weighted by molar-refractivity contribution is 5.92. The van der Waals surface area contributed by atoms with Gasteiger partial charge in [-0.2, -0.15) is 0 Å². The Morgan fingerprint density at radius 1 is 1.14 bits per heavy atom. The third-order valence-electron chi connectivity index (χ3n) is 4.89. The summed E-state index contributed by atoms with van der Waals surface area (Å²) in [4.78, 5) is 21.0. The summed E-state index contributed by atoms with van der Waals surface area (Å²) in [5.74, 6) is 1.67. The number of fused-ring (bicyclic) bond motifs is 1. The van der Waals surface area contributed by atoms with Crippen LogP contribution in [-0.4, -0.2) is 29.2 Å². The van der Waals surface area contributed by atoms with Crippen molar-refractivity contribution in [3.8, 4) is 11.5 Å². The number of carbonyl (C=O) groups excluding carboxylic acids is 1.